The maximum atomic E-state index is 13.9. The van der Waals surface area contributed by atoms with E-state index in [1.807, 2.05) is 13.8 Å². The summed E-state index contributed by atoms with van der Waals surface area (Å²) in [5.74, 6) is -0.127. The summed E-state index contributed by atoms with van der Waals surface area (Å²) in [7, 11) is 0. The Bertz CT molecular complexity index is 409. The maximum Gasteiger partial charge on any atom is 0.147 e. The van der Waals surface area contributed by atoms with E-state index in [4.69, 9.17) is 0 Å². The molecule has 2 heterocycles. The second-order valence-corrected chi connectivity index (χ2v) is 5.29. The highest BCUT2D eigenvalue weighted by Crippen LogP contribution is 2.23. The molecule has 0 spiro atoms. The van der Waals surface area contributed by atoms with E-state index < -0.39 is 0 Å². The van der Waals surface area contributed by atoms with Crippen molar-refractivity contribution >= 4 is 5.69 Å². The third-order valence-corrected chi connectivity index (χ3v) is 3.46. The van der Waals surface area contributed by atoms with Gasteiger partial charge in [-0.3, -0.25) is 4.98 Å². The predicted molar refractivity (Wildman–Crippen MR) is 70.4 cm³/mol. The van der Waals surface area contributed by atoms with Crippen LogP contribution < -0.4 is 4.90 Å². The molecule has 2 rings (SSSR count). The van der Waals surface area contributed by atoms with E-state index in [1.165, 1.54) is 0 Å². The number of anilines is 1. The smallest absolute Gasteiger partial charge is 0.147 e. The van der Waals surface area contributed by atoms with Crippen molar-refractivity contribution in [2.24, 2.45) is 0 Å². The summed E-state index contributed by atoms with van der Waals surface area (Å²) < 4.78 is 13.9. The molecule has 1 aromatic rings. The zero-order valence-electron chi connectivity index (χ0n) is 11.1. The largest absolute Gasteiger partial charge is 0.393 e. The molecule has 1 fully saturated rings. The monoisotopic (exact) mass is 252 g/mol. The third-order valence-electron chi connectivity index (χ3n) is 3.46. The van der Waals surface area contributed by atoms with Gasteiger partial charge in [-0.15, -0.1) is 0 Å². The average Bonchev–Trinajstić information content (AvgIpc) is 2.53. The Hall–Kier alpha value is -1.16. The summed E-state index contributed by atoms with van der Waals surface area (Å²) in [5.41, 5.74) is 1.35. The minimum Gasteiger partial charge on any atom is -0.393 e. The lowest BCUT2D eigenvalue weighted by molar-refractivity contribution is 0.161. The lowest BCUT2D eigenvalue weighted by atomic mass is 10.1. The van der Waals surface area contributed by atoms with Crippen molar-refractivity contribution in [3.05, 3.63) is 23.8 Å². The highest BCUT2D eigenvalue weighted by molar-refractivity contribution is 5.45. The molecule has 0 amide bonds. The number of aromatic nitrogens is 1. The molecule has 1 aliphatic heterocycles. The van der Waals surface area contributed by atoms with Crippen molar-refractivity contribution in [2.75, 3.05) is 18.0 Å². The second kappa shape index (κ2) is 5.65. The van der Waals surface area contributed by atoms with Crippen LogP contribution in [-0.4, -0.2) is 29.3 Å². The van der Waals surface area contributed by atoms with E-state index in [9.17, 15) is 9.50 Å². The number of aliphatic hydroxyl groups is 1. The summed E-state index contributed by atoms with van der Waals surface area (Å²) in [6.07, 6.45) is 4.04. The molecule has 0 radical (unpaired) electrons. The quantitative estimate of drug-likeness (QED) is 0.879. The molecule has 3 nitrogen and oxygen atoms in total. The van der Waals surface area contributed by atoms with Crippen molar-refractivity contribution in [1.29, 1.82) is 0 Å². The van der Waals surface area contributed by atoms with Crippen molar-refractivity contribution in [3.63, 3.8) is 0 Å². The van der Waals surface area contributed by atoms with Crippen LogP contribution >= 0.6 is 0 Å². The molecule has 0 saturated carbocycles. The topological polar surface area (TPSA) is 36.4 Å². The van der Waals surface area contributed by atoms with Gasteiger partial charge in [0.1, 0.15) is 5.82 Å². The average molecular weight is 252 g/mol. The molecule has 0 aromatic carbocycles. The maximum absolute atomic E-state index is 13.9. The van der Waals surface area contributed by atoms with Crippen molar-refractivity contribution in [3.8, 4) is 0 Å². The van der Waals surface area contributed by atoms with Gasteiger partial charge in [0.15, 0.2) is 0 Å². The molecule has 1 aromatic heterocycles. The van der Waals surface area contributed by atoms with Crippen LogP contribution in [0.3, 0.4) is 0 Å². The highest BCUT2D eigenvalue weighted by Gasteiger charge is 2.17. The minimum absolute atomic E-state index is 0.102. The van der Waals surface area contributed by atoms with Crippen molar-refractivity contribution in [1.82, 2.24) is 4.98 Å². The Kier molecular flexibility index (Phi) is 4.17. The predicted octanol–water partition coefficient (Wildman–Crippen LogP) is 2.70. The van der Waals surface area contributed by atoms with Gasteiger partial charge in [0.2, 0.25) is 0 Å². The molecule has 18 heavy (non-hydrogen) atoms. The van der Waals surface area contributed by atoms with Crippen molar-refractivity contribution < 1.29 is 9.50 Å². The van der Waals surface area contributed by atoms with Gasteiger partial charge in [0, 0.05) is 19.2 Å². The summed E-state index contributed by atoms with van der Waals surface area (Å²) in [4.78, 5) is 6.33. The van der Waals surface area contributed by atoms with E-state index >= 15 is 0 Å². The summed E-state index contributed by atoms with van der Waals surface area (Å²) in [6.45, 7) is 5.50. The van der Waals surface area contributed by atoms with Gasteiger partial charge in [0.05, 0.1) is 23.7 Å². The van der Waals surface area contributed by atoms with Gasteiger partial charge < -0.3 is 10.0 Å². The zero-order valence-corrected chi connectivity index (χ0v) is 11.1. The van der Waals surface area contributed by atoms with Gasteiger partial charge in [-0.1, -0.05) is 13.8 Å². The fourth-order valence-electron chi connectivity index (χ4n) is 2.37. The number of pyridine rings is 1. The molecule has 1 saturated heterocycles. The van der Waals surface area contributed by atoms with Gasteiger partial charge >= 0.3 is 0 Å². The van der Waals surface area contributed by atoms with E-state index in [0.717, 1.165) is 38.0 Å². The summed E-state index contributed by atoms with van der Waals surface area (Å²) in [6, 6.07) is 1.57. The third kappa shape index (κ3) is 2.99. The van der Waals surface area contributed by atoms with Gasteiger partial charge in [-0.25, -0.2) is 4.39 Å². The SMILES string of the molecule is CC(C)c1ncc(N2CCCC(O)CC2)cc1F. The molecule has 1 aliphatic rings. The standard InChI is InChI=1S/C14H21FN2O/c1-10(2)14-13(15)8-11(9-16-14)17-6-3-4-12(18)5-7-17/h8-10,12,18H,3-7H2,1-2H3. The summed E-state index contributed by atoms with van der Waals surface area (Å²) >= 11 is 0. The molecule has 100 valence electrons. The van der Waals surface area contributed by atoms with E-state index in [2.05, 4.69) is 9.88 Å². The normalized spacial score (nSPS) is 21.2. The Morgan fingerprint density at radius 2 is 2.17 bits per heavy atom. The fraction of sp³-hybridized carbons (Fsp3) is 0.643. The van der Waals surface area contributed by atoms with Crippen LogP contribution in [0.5, 0.6) is 0 Å². The Balaban J connectivity index is 2.15. The number of aliphatic hydroxyl groups excluding tert-OH is 1. The van der Waals surface area contributed by atoms with E-state index in [-0.39, 0.29) is 17.8 Å². The van der Waals surface area contributed by atoms with Crippen LogP contribution in [0.1, 0.15) is 44.7 Å². The number of halogens is 1. The van der Waals surface area contributed by atoms with Crippen LogP contribution in [0.4, 0.5) is 10.1 Å². The lowest BCUT2D eigenvalue weighted by Gasteiger charge is -2.23. The molecular formula is C14H21FN2O. The van der Waals surface area contributed by atoms with Crippen LogP contribution in [0.25, 0.3) is 0 Å². The van der Waals surface area contributed by atoms with Crippen LogP contribution in [-0.2, 0) is 0 Å². The Morgan fingerprint density at radius 3 is 2.83 bits per heavy atom. The van der Waals surface area contributed by atoms with Gasteiger partial charge in [0.25, 0.3) is 0 Å². The number of hydrogen-bond acceptors (Lipinski definition) is 3. The van der Waals surface area contributed by atoms with Gasteiger partial charge in [-0.05, 0) is 25.2 Å². The van der Waals surface area contributed by atoms with E-state index in [1.54, 1.807) is 12.3 Å². The van der Waals surface area contributed by atoms with Crippen LogP contribution in [0.15, 0.2) is 12.3 Å². The van der Waals surface area contributed by atoms with Gasteiger partial charge in [-0.2, -0.15) is 0 Å². The Labute approximate surface area is 108 Å². The molecular weight excluding hydrogens is 231 g/mol. The lowest BCUT2D eigenvalue weighted by Crippen LogP contribution is -2.25. The number of nitrogens with zero attached hydrogens (tertiary/aromatic N) is 2. The molecule has 1 unspecified atom stereocenters. The first kappa shape index (κ1) is 13.3. The van der Waals surface area contributed by atoms with Crippen LogP contribution in [0, 0.1) is 5.82 Å². The van der Waals surface area contributed by atoms with E-state index in [0.29, 0.717) is 5.69 Å². The number of rotatable bonds is 2. The first-order chi connectivity index (χ1) is 8.58. The highest BCUT2D eigenvalue weighted by atomic mass is 19.1. The minimum atomic E-state index is -0.229. The molecule has 0 aliphatic carbocycles. The second-order valence-electron chi connectivity index (χ2n) is 5.29. The molecule has 0 bridgehead atoms. The first-order valence-corrected chi connectivity index (χ1v) is 6.66. The van der Waals surface area contributed by atoms with Crippen molar-refractivity contribution in [2.45, 2.75) is 45.1 Å². The Morgan fingerprint density at radius 1 is 1.39 bits per heavy atom. The number of hydrogen-bond donors (Lipinski definition) is 1. The first-order valence-electron chi connectivity index (χ1n) is 6.66. The molecule has 4 heteroatoms. The molecule has 1 atom stereocenters. The fourth-order valence-corrected chi connectivity index (χ4v) is 2.37. The molecule has 1 N–H and O–H groups in total. The summed E-state index contributed by atoms with van der Waals surface area (Å²) in [5, 5.41) is 9.61. The zero-order chi connectivity index (χ0) is 13.1. The van der Waals surface area contributed by atoms with Crippen LogP contribution in [0.2, 0.25) is 0 Å².